The van der Waals surface area contributed by atoms with E-state index in [-0.39, 0.29) is 6.42 Å². The Kier molecular flexibility index (Phi) is 5.31. The van der Waals surface area contributed by atoms with E-state index < -0.39 is 17.4 Å². The zero-order valence-electron chi connectivity index (χ0n) is 11.3. The first-order valence-electron chi connectivity index (χ1n) is 6.12. The predicted octanol–water partition coefficient (Wildman–Crippen LogP) is 1.97. The van der Waals surface area contributed by atoms with Gasteiger partial charge in [0.15, 0.2) is 0 Å². The number of halogens is 1. The lowest BCUT2D eigenvalue weighted by molar-refractivity contribution is -0.139. The zero-order chi connectivity index (χ0) is 14.6. The fourth-order valence-electron chi connectivity index (χ4n) is 2.24. The molecule has 2 atom stereocenters. The van der Waals surface area contributed by atoms with Crippen LogP contribution in [0, 0.1) is 0 Å². The van der Waals surface area contributed by atoms with Gasteiger partial charge in [0.1, 0.15) is 10.2 Å². The number of nitrogens with two attached hydrogens (primary N) is 1. The Bertz CT molecular complexity index is 467. The van der Waals surface area contributed by atoms with Gasteiger partial charge in [0.25, 0.3) is 0 Å². The second kappa shape index (κ2) is 6.34. The Hall–Kier alpha value is -1.14. The molecule has 1 heterocycles. The highest BCUT2D eigenvalue weighted by molar-refractivity contribution is 9.10. The average Bonchev–Trinajstić information content (AvgIpc) is 2.38. The van der Waals surface area contributed by atoms with Crippen molar-refractivity contribution in [2.45, 2.75) is 38.2 Å². The summed E-state index contributed by atoms with van der Waals surface area (Å²) in [6.07, 6.45) is 0.829. The van der Waals surface area contributed by atoms with Gasteiger partial charge in [-0.1, -0.05) is 13.8 Å². The van der Waals surface area contributed by atoms with E-state index in [1.54, 1.807) is 19.1 Å². The van der Waals surface area contributed by atoms with Crippen molar-refractivity contribution in [3.8, 4) is 5.88 Å². The average molecular weight is 331 g/mol. The van der Waals surface area contributed by atoms with Crippen molar-refractivity contribution >= 4 is 21.8 Å². The van der Waals surface area contributed by atoms with Crippen molar-refractivity contribution in [1.82, 2.24) is 4.98 Å². The number of ether oxygens (including phenoxy) is 1. The van der Waals surface area contributed by atoms with Crippen molar-refractivity contribution < 1.29 is 14.6 Å². The first kappa shape index (κ1) is 15.9. The molecule has 0 fully saturated rings. The number of primary amides is 1. The third-order valence-electron chi connectivity index (χ3n) is 3.35. The summed E-state index contributed by atoms with van der Waals surface area (Å²) >= 11 is 3.29. The quantitative estimate of drug-likeness (QED) is 0.781. The van der Waals surface area contributed by atoms with Crippen LogP contribution >= 0.6 is 15.9 Å². The van der Waals surface area contributed by atoms with Crippen LogP contribution in [0.2, 0.25) is 0 Å². The molecule has 1 amide bonds. The molecule has 5 nitrogen and oxygen atoms in total. The Morgan fingerprint density at radius 2 is 2.21 bits per heavy atom. The Morgan fingerprint density at radius 3 is 2.63 bits per heavy atom. The summed E-state index contributed by atoms with van der Waals surface area (Å²) in [5.41, 5.74) is 4.56. The maximum Gasteiger partial charge on any atom is 0.250 e. The monoisotopic (exact) mass is 330 g/mol. The molecule has 1 aromatic rings. The van der Waals surface area contributed by atoms with Crippen LogP contribution < -0.4 is 10.5 Å². The van der Waals surface area contributed by atoms with Crippen LogP contribution in [0.15, 0.2) is 16.7 Å². The molecule has 0 bridgehead atoms. The highest BCUT2D eigenvalue weighted by atomic mass is 79.9. The fourth-order valence-corrected chi connectivity index (χ4v) is 2.68. The minimum Gasteiger partial charge on any atom is -0.481 e. The summed E-state index contributed by atoms with van der Waals surface area (Å²) in [6, 6.07) is 3.47. The SMILES string of the molecule is CCC(c1cc(Br)nc(OC)c1)C(O)(CC)C(N)=O. The van der Waals surface area contributed by atoms with Gasteiger partial charge in [-0.3, -0.25) is 4.79 Å². The van der Waals surface area contributed by atoms with Crippen LogP contribution in [0.25, 0.3) is 0 Å². The lowest BCUT2D eigenvalue weighted by Crippen LogP contribution is -2.48. The van der Waals surface area contributed by atoms with Crippen LogP contribution in [0.5, 0.6) is 5.88 Å². The van der Waals surface area contributed by atoms with Crippen molar-refractivity contribution in [3.63, 3.8) is 0 Å². The molecule has 0 saturated heterocycles. The number of aliphatic hydroxyl groups is 1. The number of carbonyl (C=O) groups is 1. The molecule has 0 saturated carbocycles. The summed E-state index contributed by atoms with van der Waals surface area (Å²) in [6.45, 7) is 3.63. The number of aromatic nitrogens is 1. The number of amides is 1. The Labute approximate surface area is 121 Å². The molecule has 0 aliphatic carbocycles. The highest BCUT2D eigenvalue weighted by Crippen LogP contribution is 2.36. The number of methoxy groups -OCH3 is 1. The summed E-state index contributed by atoms with van der Waals surface area (Å²) in [4.78, 5) is 15.7. The van der Waals surface area contributed by atoms with E-state index in [0.29, 0.717) is 16.9 Å². The molecule has 3 N–H and O–H groups in total. The molecule has 0 aliphatic heterocycles. The predicted molar refractivity (Wildman–Crippen MR) is 76.0 cm³/mol. The van der Waals surface area contributed by atoms with Gasteiger partial charge in [0.05, 0.1) is 7.11 Å². The van der Waals surface area contributed by atoms with Crippen molar-refractivity contribution in [1.29, 1.82) is 0 Å². The van der Waals surface area contributed by atoms with E-state index in [1.807, 2.05) is 6.92 Å². The minimum absolute atomic E-state index is 0.253. The molecular formula is C13H19BrN2O3. The summed E-state index contributed by atoms with van der Waals surface area (Å²) < 4.78 is 5.68. The third kappa shape index (κ3) is 3.25. The Balaban J connectivity index is 3.30. The molecule has 106 valence electrons. The van der Waals surface area contributed by atoms with Gasteiger partial charge in [-0.25, -0.2) is 4.98 Å². The van der Waals surface area contributed by atoms with Gasteiger partial charge in [-0.15, -0.1) is 0 Å². The van der Waals surface area contributed by atoms with Crippen LogP contribution in [0.4, 0.5) is 0 Å². The molecule has 1 aromatic heterocycles. The lowest BCUT2D eigenvalue weighted by atomic mass is 9.78. The van der Waals surface area contributed by atoms with Gasteiger partial charge >= 0.3 is 0 Å². The van der Waals surface area contributed by atoms with E-state index in [4.69, 9.17) is 10.5 Å². The standard InChI is InChI=1S/C13H19BrN2O3/c1-4-9(13(18,5-2)12(15)17)8-6-10(14)16-11(7-8)19-3/h6-7,9,18H,4-5H2,1-3H3,(H2,15,17). The van der Waals surface area contributed by atoms with Crippen molar-refractivity contribution in [3.05, 3.63) is 22.3 Å². The normalized spacial score (nSPS) is 15.6. The molecule has 0 aromatic carbocycles. The van der Waals surface area contributed by atoms with Crippen LogP contribution in [-0.4, -0.2) is 28.7 Å². The Morgan fingerprint density at radius 1 is 1.58 bits per heavy atom. The summed E-state index contributed by atoms with van der Waals surface area (Å²) in [7, 11) is 1.51. The minimum atomic E-state index is -1.57. The van der Waals surface area contributed by atoms with E-state index in [2.05, 4.69) is 20.9 Å². The molecule has 2 unspecified atom stereocenters. The van der Waals surface area contributed by atoms with E-state index >= 15 is 0 Å². The molecule has 19 heavy (non-hydrogen) atoms. The number of hydrogen-bond donors (Lipinski definition) is 2. The molecule has 0 aliphatic rings. The number of carbonyl (C=O) groups excluding carboxylic acids is 1. The largest absolute Gasteiger partial charge is 0.481 e. The topological polar surface area (TPSA) is 85.4 Å². The second-order valence-electron chi connectivity index (χ2n) is 4.37. The van der Waals surface area contributed by atoms with Gasteiger partial charge in [0.2, 0.25) is 11.8 Å². The van der Waals surface area contributed by atoms with Crippen molar-refractivity contribution in [2.24, 2.45) is 5.73 Å². The van der Waals surface area contributed by atoms with Crippen molar-refractivity contribution in [2.75, 3.05) is 7.11 Å². The maximum atomic E-state index is 11.6. The van der Waals surface area contributed by atoms with E-state index in [1.165, 1.54) is 7.11 Å². The fraction of sp³-hybridized carbons (Fsp3) is 0.538. The van der Waals surface area contributed by atoms with Gasteiger partial charge < -0.3 is 15.6 Å². The van der Waals surface area contributed by atoms with Gasteiger partial charge in [-0.05, 0) is 40.4 Å². The number of pyridine rings is 1. The zero-order valence-corrected chi connectivity index (χ0v) is 12.9. The number of hydrogen-bond acceptors (Lipinski definition) is 4. The molecule has 1 rings (SSSR count). The van der Waals surface area contributed by atoms with Crippen LogP contribution in [0.1, 0.15) is 38.2 Å². The number of rotatable bonds is 6. The van der Waals surface area contributed by atoms with E-state index in [9.17, 15) is 9.90 Å². The molecular weight excluding hydrogens is 312 g/mol. The number of nitrogens with zero attached hydrogens (tertiary/aromatic N) is 1. The second-order valence-corrected chi connectivity index (χ2v) is 5.18. The maximum absolute atomic E-state index is 11.6. The van der Waals surface area contributed by atoms with Gasteiger partial charge in [-0.2, -0.15) is 0 Å². The summed E-state index contributed by atoms with van der Waals surface area (Å²) in [5, 5.41) is 10.5. The summed E-state index contributed by atoms with van der Waals surface area (Å²) in [5.74, 6) is -0.692. The van der Waals surface area contributed by atoms with Crippen LogP contribution in [0.3, 0.4) is 0 Å². The van der Waals surface area contributed by atoms with Gasteiger partial charge in [0, 0.05) is 12.0 Å². The molecule has 0 spiro atoms. The third-order valence-corrected chi connectivity index (χ3v) is 3.76. The molecule has 0 radical (unpaired) electrons. The highest BCUT2D eigenvalue weighted by Gasteiger charge is 2.41. The van der Waals surface area contributed by atoms with E-state index in [0.717, 1.165) is 5.56 Å². The first-order valence-corrected chi connectivity index (χ1v) is 6.92. The van der Waals surface area contributed by atoms with Crippen LogP contribution in [-0.2, 0) is 4.79 Å². The first-order chi connectivity index (χ1) is 8.88. The smallest absolute Gasteiger partial charge is 0.250 e. The molecule has 6 heteroatoms. The lowest BCUT2D eigenvalue weighted by Gasteiger charge is -2.32.